The van der Waals surface area contributed by atoms with Crippen molar-refractivity contribution in [1.29, 1.82) is 0 Å². The number of ketones is 1. The fourth-order valence-electron chi connectivity index (χ4n) is 7.37. The summed E-state index contributed by atoms with van der Waals surface area (Å²) in [5.41, 5.74) is 3.83. The second-order valence-electron chi connectivity index (χ2n) is 13.7. The fraction of sp³-hybridized carbons (Fsp3) is 0.366. The number of hydrogen-bond acceptors (Lipinski definition) is 9. The average molecular weight is 843 g/mol. The Morgan fingerprint density at radius 1 is 0.695 bits per heavy atom. The van der Waals surface area contributed by atoms with Crippen LogP contribution in [-0.2, 0) is 28.8 Å². The molecule has 1 heterocycles. The van der Waals surface area contributed by atoms with Gasteiger partial charge in [-0.3, -0.25) is 9.59 Å². The molecule has 4 aromatic carbocycles. The normalized spacial score (nSPS) is 18.8. The van der Waals surface area contributed by atoms with E-state index in [1.165, 1.54) is 49.6 Å². The summed E-state index contributed by atoms with van der Waals surface area (Å²) in [6.45, 7) is 0.387. The third-order valence-electron chi connectivity index (χ3n) is 9.87. The SMILES string of the molecule is COC(=O)C[C@@H]1COc2cc(O[C@@H]3CCc4c(OC(F)(F)F)cccc43)ccc21.O=C1CCc2c(OC(F)(F)F)cccc21.O[C@H]1CCc2c(OC(F)(F)F)cccc21. The van der Waals surface area contributed by atoms with E-state index in [-0.39, 0.29) is 53.9 Å². The number of aliphatic hydroxyl groups is 1. The van der Waals surface area contributed by atoms with Crippen LogP contribution in [0.5, 0.6) is 28.7 Å². The molecular weight excluding hydrogens is 807 g/mol. The van der Waals surface area contributed by atoms with Gasteiger partial charge in [0.05, 0.1) is 26.2 Å². The minimum atomic E-state index is -4.73. The highest BCUT2D eigenvalue weighted by molar-refractivity contribution is 6.01. The van der Waals surface area contributed by atoms with Crippen LogP contribution in [0.15, 0.2) is 72.8 Å². The lowest BCUT2D eigenvalue weighted by Crippen LogP contribution is -2.18. The Labute approximate surface area is 330 Å². The number of carbonyl (C=O) groups excluding carboxylic acids is 2. The van der Waals surface area contributed by atoms with Crippen LogP contribution in [0, 0.1) is 0 Å². The molecule has 0 bridgehead atoms. The van der Waals surface area contributed by atoms with Crippen molar-refractivity contribution in [2.75, 3.05) is 13.7 Å². The monoisotopic (exact) mass is 842 g/mol. The highest BCUT2D eigenvalue weighted by Gasteiger charge is 2.37. The van der Waals surface area contributed by atoms with Crippen molar-refractivity contribution in [3.05, 3.63) is 112 Å². The number of fused-ring (bicyclic) bond motifs is 4. The molecule has 0 amide bonds. The number of carbonyl (C=O) groups is 2. The Morgan fingerprint density at radius 2 is 1.25 bits per heavy atom. The number of esters is 1. The van der Waals surface area contributed by atoms with Gasteiger partial charge in [0.15, 0.2) is 5.78 Å². The van der Waals surface area contributed by atoms with E-state index in [2.05, 4.69) is 14.2 Å². The first-order valence-corrected chi connectivity index (χ1v) is 18.1. The van der Waals surface area contributed by atoms with Gasteiger partial charge in [0.2, 0.25) is 0 Å². The number of methoxy groups -OCH3 is 1. The van der Waals surface area contributed by atoms with Gasteiger partial charge in [0.25, 0.3) is 0 Å². The van der Waals surface area contributed by atoms with Gasteiger partial charge < -0.3 is 33.5 Å². The number of aliphatic hydroxyl groups excluding tert-OH is 1. The number of halogens is 9. The summed E-state index contributed by atoms with van der Waals surface area (Å²) in [7, 11) is 1.35. The van der Waals surface area contributed by atoms with Crippen LogP contribution in [0.1, 0.15) is 87.5 Å². The lowest BCUT2D eigenvalue weighted by molar-refractivity contribution is -0.275. The number of ether oxygens (including phenoxy) is 6. The molecule has 59 heavy (non-hydrogen) atoms. The maximum atomic E-state index is 12.6. The highest BCUT2D eigenvalue weighted by Crippen LogP contribution is 2.44. The van der Waals surface area contributed by atoms with E-state index in [0.29, 0.717) is 83.6 Å². The van der Waals surface area contributed by atoms with E-state index in [4.69, 9.17) is 14.2 Å². The lowest BCUT2D eigenvalue weighted by atomic mass is 9.98. The zero-order valence-corrected chi connectivity index (χ0v) is 30.9. The molecule has 316 valence electrons. The summed E-state index contributed by atoms with van der Waals surface area (Å²) in [6, 6.07) is 18.5. The van der Waals surface area contributed by atoms with Gasteiger partial charge in [-0.2, -0.15) is 0 Å². The van der Waals surface area contributed by atoms with Gasteiger partial charge in [0.1, 0.15) is 34.9 Å². The summed E-state index contributed by atoms with van der Waals surface area (Å²) >= 11 is 0. The third kappa shape index (κ3) is 10.9. The first kappa shape index (κ1) is 42.9. The van der Waals surface area contributed by atoms with Gasteiger partial charge in [0, 0.05) is 46.2 Å². The maximum absolute atomic E-state index is 12.6. The van der Waals surface area contributed by atoms with Gasteiger partial charge in [-0.15, -0.1) is 39.5 Å². The van der Waals surface area contributed by atoms with E-state index < -0.39 is 25.2 Å². The smallest absolute Gasteiger partial charge is 0.492 e. The number of rotatable bonds is 7. The van der Waals surface area contributed by atoms with Crippen molar-refractivity contribution in [1.82, 2.24) is 0 Å². The van der Waals surface area contributed by atoms with Gasteiger partial charge in [-0.1, -0.05) is 42.5 Å². The number of hydrogen-bond donors (Lipinski definition) is 1. The van der Waals surface area contributed by atoms with Crippen molar-refractivity contribution in [2.45, 2.75) is 82.2 Å². The molecule has 8 rings (SSSR count). The zero-order chi connectivity index (χ0) is 42.7. The fourth-order valence-corrected chi connectivity index (χ4v) is 7.37. The van der Waals surface area contributed by atoms with Crippen LogP contribution in [0.4, 0.5) is 39.5 Å². The molecule has 0 spiro atoms. The van der Waals surface area contributed by atoms with Crippen molar-refractivity contribution in [3.63, 3.8) is 0 Å². The highest BCUT2D eigenvalue weighted by atomic mass is 19.4. The Hall–Kier alpha value is -5.65. The number of Topliss-reactive ketones (excluding diaryl/α,β-unsaturated/α-hetero) is 1. The minimum Gasteiger partial charge on any atom is -0.492 e. The number of benzene rings is 4. The van der Waals surface area contributed by atoms with Crippen molar-refractivity contribution in [3.8, 4) is 28.7 Å². The maximum Gasteiger partial charge on any atom is 0.573 e. The summed E-state index contributed by atoms with van der Waals surface area (Å²) in [5.74, 6) is 0.0716. The van der Waals surface area contributed by atoms with Crippen molar-refractivity contribution < 1.29 is 82.6 Å². The molecule has 0 radical (unpaired) electrons. The molecule has 0 saturated heterocycles. The van der Waals surface area contributed by atoms with Crippen LogP contribution in [-0.4, -0.2) is 49.7 Å². The molecule has 9 nitrogen and oxygen atoms in total. The Bertz CT molecular complexity index is 2170. The molecule has 1 N–H and O–H groups in total. The van der Waals surface area contributed by atoms with Crippen LogP contribution in [0.2, 0.25) is 0 Å². The number of alkyl halides is 9. The van der Waals surface area contributed by atoms with Gasteiger partial charge in [-0.25, -0.2) is 0 Å². The second-order valence-corrected chi connectivity index (χ2v) is 13.7. The Balaban J connectivity index is 0.000000164. The van der Waals surface area contributed by atoms with Crippen LogP contribution in [0.3, 0.4) is 0 Å². The van der Waals surface area contributed by atoms with Crippen LogP contribution in [0.25, 0.3) is 0 Å². The quantitative estimate of drug-likeness (QED) is 0.144. The zero-order valence-electron chi connectivity index (χ0n) is 30.9. The van der Waals surface area contributed by atoms with Gasteiger partial charge >= 0.3 is 25.1 Å². The lowest BCUT2D eigenvalue weighted by Gasteiger charge is -2.17. The van der Waals surface area contributed by atoms with E-state index in [1.54, 1.807) is 24.3 Å². The van der Waals surface area contributed by atoms with Gasteiger partial charge in [-0.05, 0) is 67.5 Å². The molecule has 1 aliphatic heterocycles. The van der Waals surface area contributed by atoms with E-state index in [1.807, 2.05) is 6.07 Å². The topological polar surface area (TPSA) is 110 Å². The molecular formula is C41H35F9O9. The van der Waals surface area contributed by atoms with Crippen LogP contribution >= 0.6 is 0 Å². The molecule has 18 heteroatoms. The summed E-state index contributed by atoms with van der Waals surface area (Å²) in [5, 5.41) is 9.47. The molecule has 3 aliphatic carbocycles. The molecule has 0 aromatic heterocycles. The Morgan fingerprint density at radius 3 is 1.86 bits per heavy atom. The largest absolute Gasteiger partial charge is 0.573 e. The first-order valence-electron chi connectivity index (χ1n) is 18.1. The van der Waals surface area contributed by atoms with Crippen molar-refractivity contribution in [2.24, 2.45) is 0 Å². The third-order valence-corrected chi connectivity index (χ3v) is 9.87. The molecule has 3 atom stereocenters. The molecule has 4 aliphatic rings. The average Bonchev–Trinajstić information content (AvgIpc) is 3.94. The van der Waals surface area contributed by atoms with Crippen molar-refractivity contribution >= 4 is 11.8 Å². The summed E-state index contributed by atoms with van der Waals surface area (Å²) in [4.78, 5) is 22.8. The van der Waals surface area contributed by atoms with E-state index >= 15 is 0 Å². The summed E-state index contributed by atoms with van der Waals surface area (Å²) in [6.07, 6.45) is -12.5. The van der Waals surface area contributed by atoms with E-state index in [9.17, 15) is 54.2 Å². The molecule has 0 unspecified atom stereocenters. The van der Waals surface area contributed by atoms with Crippen LogP contribution < -0.4 is 23.7 Å². The first-order chi connectivity index (χ1) is 27.8. The molecule has 4 aromatic rings. The molecule has 0 saturated carbocycles. The minimum absolute atomic E-state index is 0.0687. The molecule has 0 fully saturated rings. The summed E-state index contributed by atoms with van der Waals surface area (Å²) < 4.78 is 138. The van der Waals surface area contributed by atoms with E-state index in [0.717, 1.165) is 5.56 Å². The predicted molar refractivity (Wildman–Crippen MR) is 188 cm³/mol. The Kier molecular flexibility index (Phi) is 12.6. The standard InChI is InChI=1S/C21H19F3O5.C10H9F3O2.C10H7F3O2/c1-26-20(25)9-12-11-27-19-10-13(5-6-14(12)19)28-17-8-7-16-15(17)3-2-4-18(16)29-21(22,23)24;2*11-10(12,13)15-9-3-1-2-6-7(9)4-5-8(6)14/h2-6,10,12,17H,7-9,11H2,1H3;1-3,8,14H,4-5H2;1-3H,4-5H2/t12-,17-;8-;/m10./s1. The second kappa shape index (κ2) is 17.3. The predicted octanol–water partition coefficient (Wildman–Crippen LogP) is 9.97.